The lowest BCUT2D eigenvalue weighted by atomic mass is 9.76. The molecule has 0 aromatic heterocycles. The average Bonchev–Trinajstić information content (AvgIpc) is 2.80. The summed E-state index contributed by atoms with van der Waals surface area (Å²) >= 11 is 0. The molecule has 0 spiro atoms. The number of rotatable bonds is 9. The van der Waals surface area contributed by atoms with E-state index in [1.165, 1.54) is 4.90 Å². The van der Waals surface area contributed by atoms with Gasteiger partial charge in [-0.2, -0.15) is 0 Å². The fourth-order valence-electron chi connectivity index (χ4n) is 4.85. The van der Waals surface area contributed by atoms with Crippen LogP contribution in [-0.4, -0.2) is 72.3 Å². The Hall–Kier alpha value is -2.45. The number of aryl methyl sites for hydroxylation is 1. The van der Waals surface area contributed by atoms with Crippen molar-refractivity contribution in [3.8, 4) is 0 Å². The molecule has 1 aromatic rings. The third kappa shape index (κ3) is 5.86. The number of nitrogens with zero attached hydrogens (tertiary/aromatic N) is 1. The predicted molar refractivity (Wildman–Crippen MR) is 118 cm³/mol. The molecule has 2 aliphatic rings. The van der Waals surface area contributed by atoms with Crippen molar-refractivity contribution in [2.45, 2.75) is 57.7 Å². The number of hydrogen-bond donors (Lipinski definition) is 2. The Morgan fingerprint density at radius 2 is 2.00 bits per heavy atom. The molecule has 2 saturated heterocycles. The van der Waals surface area contributed by atoms with Gasteiger partial charge in [-0.1, -0.05) is 30.3 Å². The highest BCUT2D eigenvalue weighted by Gasteiger charge is 2.46. The summed E-state index contributed by atoms with van der Waals surface area (Å²) in [4.78, 5) is 39.4. The number of fused-ring (bicyclic) bond motifs is 1. The van der Waals surface area contributed by atoms with Crippen molar-refractivity contribution in [3.63, 3.8) is 0 Å². The number of aliphatic carboxylic acids is 1. The zero-order valence-electron chi connectivity index (χ0n) is 18.9. The molecule has 1 aromatic carbocycles. The van der Waals surface area contributed by atoms with Crippen LogP contribution in [0.3, 0.4) is 0 Å². The quantitative estimate of drug-likeness (QED) is 0.558. The normalized spacial score (nSPS) is 24.8. The number of esters is 1. The predicted octanol–water partition coefficient (Wildman–Crippen LogP) is 1.87. The molecule has 0 bridgehead atoms. The van der Waals surface area contributed by atoms with E-state index < -0.39 is 30.1 Å². The maximum absolute atomic E-state index is 13.3. The van der Waals surface area contributed by atoms with Crippen molar-refractivity contribution in [3.05, 3.63) is 35.9 Å². The van der Waals surface area contributed by atoms with Crippen LogP contribution in [0.5, 0.6) is 0 Å². The second kappa shape index (κ2) is 11.4. The Kier molecular flexibility index (Phi) is 8.64. The lowest BCUT2D eigenvalue weighted by molar-refractivity contribution is -0.162. The molecule has 32 heavy (non-hydrogen) atoms. The SMILES string of the molecule is CCOC(=O)C(CCc1ccccc1)N[C@@H](C)C(=O)N1CCC2COCCC2C1C(=O)O. The first-order chi connectivity index (χ1) is 15.4. The summed E-state index contributed by atoms with van der Waals surface area (Å²) in [6.45, 7) is 5.13. The molecule has 176 valence electrons. The minimum atomic E-state index is -0.979. The standard InChI is InChI=1S/C24H34N2O6/c1-3-32-24(30)20(10-9-17-7-5-4-6-8-17)25-16(2)22(27)26-13-11-18-15-31-14-12-19(18)21(26)23(28)29/h4-8,16,18-21,25H,3,9-15H2,1-2H3,(H,28,29)/t16-,18?,19?,20?,21?/m0/s1. The van der Waals surface area contributed by atoms with Gasteiger partial charge in [0.2, 0.25) is 5.91 Å². The first-order valence-electron chi connectivity index (χ1n) is 11.5. The van der Waals surface area contributed by atoms with E-state index in [0.29, 0.717) is 39.0 Å². The Morgan fingerprint density at radius 1 is 1.25 bits per heavy atom. The zero-order chi connectivity index (χ0) is 23.1. The van der Waals surface area contributed by atoms with Crippen molar-refractivity contribution < 1.29 is 29.0 Å². The van der Waals surface area contributed by atoms with E-state index in [1.807, 2.05) is 30.3 Å². The number of benzene rings is 1. The molecule has 2 heterocycles. The molecule has 8 nitrogen and oxygen atoms in total. The summed E-state index contributed by atoms with van der Waals surface area (Å²) < 4.78 is 10.7. The molecule has 8 heteroatoms. The van der Waals surface area contributed by atoms with Crippen LogP contribution in [0.2, 0.25) is 0 Å². The largest absolute Gasteiger partial charge is 0.480 e. The minimum Gasteiger partial charge on any atom is -0.480 e. The second-order valence-corrected chi connectivity index (χ2v) is 8.61. The number of hydrogen-bond acceptors (Lipinski definition) is 6. The molecule has 2 N–H and O–H groups in total. The van der Waals surface area contributed by atoms with E-state index in [0.717, 1.165) is 12.0 Å². The first-order valence-corrected chi connectivity index (χ1v) is 11.5. The zero-order valence-corrected chi connectivity index (χ0v) is 18.9. The highest BCUT2D eigenvalue weighted by molar-refractivity contribution is 5.88. The minimum absolute atomic E-state index is 0.106. The van der Waals surface area contributed by atoms with Gasteiger partial charge in [0.1, 0.15) is 12.1 Å². The fraction of sp³-hybridized carbons (Fsp3) is 0.625. The van der Waals surface area contributed by atoms with Crippen LogP contribution in [0.1, 0.15) is 38.7 Å². The van der Waals surface area contributed by atoms with Crippen molar-refractivity contribution in [2.24, 2.45) is 11.8 Å². The van der Waals surface area contributed by atoms with Gasteiger partial charge in [-0.3, -0.25) is 14.9 Å². The second-order valence-electron chi connectivity index (χ2n) is 8.61. The molecule has 5 atom stereocenters. The Morgan fingerprint density at radius 3 is 2.69 bits per heavy atom. The highest BCUT2D eigenvalue weighted by Crippen LogP contribution is 2.35. The van der Waals surface area contributed by atoms with Crippen LogP contribution < -0.4 is 5.32 Å². The van der Waals surface area contributed by atoms with Crippen LogP contribution in [0.15, 0.2) is 30.3 Å². The Balaban J connectivity index is 1.68. The van der Waals surface area contributed by atoms with Gasteiger partial charge in [0.05, 0.1) is 12.6 Å². The maximum atomic E-state index is 13.3. The fourth-order valence-corrected chi connectivity index (χ4v) is 4.85. The van der Waals surface area contributed by atoms with Gasteiger partial charge in [0.25, 0.3) is 0 Å². The number of piperidine rings is 1. The number of carbonyl (C=O) groups is 3. The number of carboxylic acids is 1. The molecule has 0 radical (unpaired) electrons. The molecule has 0 aliphatic carbocycles. The van der Waals surface area contributed by atoms with Crippen molar-refractivity contribution >= 4 is 17.8 Å². The number of likely N-dealkylation sites (tertiary alicyclic amines) is 1. The Bertz CT molecular complexity index is 786. The molecule has 2 aliphatic heterocycles. The molecule has 2 fully saturated rings. The van der Waals surface area contributed by atoms with Gasteiger partial charge in [0.15, 0.2) is 0 Å². The van der Waals surface area contributed by atoms with Gasteiger partial charge in [-0.15, -0.1) is 0 Å². The number of amides is 1. The third-order valence-electron chi connectivity index (χ3n) is 6.51. The van der Waals surface area contributed by atoms with Crippen molar-refractivity contribution in [1.29, 1.82) is 0 Å². The van der Waals surface area contributed by atoms with Crippen LogP contribution in [0.4, 0.5) is 0 Å². The average molecular weight is 447 g/mol. The number of nitrogens with one attached hydrogen (secondary N) is 1. The monoisotopic (exact) mass is 446 g/mol. The number of carbonyl (C=O) groups excluding carboxylic acids is 2. The summed E-state index contributed by atoms with van der Waals surface area (Å²) in [5.74, 6) is -1.62. The molecular weight excluding hydrogens is 412 g/mol. The summed E-state index contributed by atoms with van der Waals surface area (Å²) in [6.07, 6.45) is 2.49. The van der Waals surface area contributed by atoms with E-state index in [2.05, 4.69) is 5.32 Å². The molecule has 0 saturated carbocycles. The van der Waals surface area contributed by atoms with Crippen molar-refractivity contribution in [2.75, 3.05) is 26.4 Å². The third-order valence-corrected chi connectivity index (χ3v) is 6.51. The van der Waals surface area contributed by atoms with E-state index in [9.17, 15) is 19.5 Å². The van der Waals surface area contributed by atoms with Crippen LogP contribution in [0.25, 0.3) is 0 Å². The lowest BCUT2D eigenvalue weighted by Gasteiger charge is -2.46. The highest BCUT2D eigenvalue weighted by atomic mass is 16.5. The topological polar surface area (TPSA) is 105 Å². The van der Waals surface area contributed by atoms with E-state index in [-0.39, 0.29) is 24.3 Å². The smallest absolute Gasteiger partial charge is 0.326 e. The van der Waals surface area contributed by atoms with E-state index >= 15 is 0 Å². The molecule has 4 unspecified atom stereocenters. The van der Waals surface area contributed by atoms with Gasteiger partial charge in [-0.05, 0) is 56.9 Å². The molecule has 1 amide bonds. The molecular formula is C24H34N2O6. The summed E-state index contributed by atoms with van der Waals surface area (Å²) in [7, 11) is 0. The summed E-state index contributed by atoms with van der Waals surface area (Å²) in [6, 6.07) is 7.58. The Labute approximate surface area is 189 Å². The van der Waals surface area contributed by atoms with Gasteiger partial charge >= 0.3 is 11.9 Å². The van der Waals surface area contributed by atoms with Gasteiger partial charge < -0.3 is 19.5 Å². The number of ether oxygens (including phenoxy) is 2. The van der Waals surface area contributed by atoms with E-state index in [1.54, 1.807) is 13.8 Å². The van der Waals surface area contributed by atoms with Crippen LogP contribution in [-0.2, 0) is 30.3 Å². The first kappa shape index (κ1) is 24.2. The molecule has 3 rings (SSSR count). The van der Waals surface area contributed by atoms with E-state index in [4.69, 9.17) is 9.47 Å². The van der Waals surface area contributed by atoms with Crippen LogP contribution in [0, 0.1) is 11.8 Å². The van der Waals surface area contributed by atoms with Crippen molar-refractivity contribution in [1.82, 2.24) is 10.2 Å². The number of carboxylic acid groups (broad SMARTS) is 1. The van der Waals surface area contributed by atoms with Crippen LogP contribution >= 0.6 is 0 Å². The summed E-state index contributed by atoms with van der Waals surface area (Å²) in [5, 5.41) is 13.0. The maximum Gasteiger partial charge on any atom is 0.326 e. The van der Waals surface area contributed by atoms with Gasteiger partial charge in [-0.25, -0.2) is 4.79 Å². The van der Waals surface area contributed by atoms with Gasteiger partial charge in [0, 0.05) is 19.8 Å². The summed E-state index contributed by atoms with van der Waals surface area (Å²) in [5.41, 5.74) is 1.09. The lowest BCUT2D eigenvalue weighted by Crippen LogP contribution is -2.61.